The number of hydrogen-bond acceptors (Lipinski definition) is 4. The number of thiazole rings is 1. The van der Waals surface area contributed by atoms with Gasteiger partial charge in [-0.2, -0.15) is 0 Å². The quantitative estimate of drug-likeness (QED) is 0.821. The lowest BCUT2D eigenvalue weighted by molar-refractivity contribution is 0.587. The van der Waals surface area contributed by atoms with Crippen LogP contribution in [0.4, 0.5) is 10.1 Å². The second-order valence-electron chi connectivity index (χ2n) is 3.81. The summed E-state index contributed by atoms with van der Waals surface area (Å²) in [6, 6.07) is 4.74. The Bertz CT molecular complexity index is 510. The molecule has 0 bridgehead atoms. The maximum Gasteiger partial charge on any atom is 0.129 e. The van der Waals surface area contributed by atoms with Crippen LogP contribution in [0.5, 0.6) is 0 Å². The van der Waals surface area contributed by atoms with Gasteiger partial charge in [0.05, 0.1) is 10.7 Å². The smallest absolute Gasteiger partial charge is 0.129 e. The number of nitrogen functional groups attached to an aromatic ring is 1. The molecule has 5 heteroatoms. The van der Waals surface area contributed by atoms with Gasteiger partial charge in [0, 0.05) is 29.7 Å². The van der Waals surface area contributed by atoms with E-state index in [1.807, 2.05) is 12.3 Å². The van der Waals surface area contributed by atoms with E-state index in [4.69, 9.17) is 5.73 Å². The van der Waals surface area contributed by atoms with E-state index in [0.717, 1.165) is 10.7 Å². The molecular formula is C12H14FN3S. The second kappa shape index (κ2) is 5.25. The van der Waals surface area contributed by atoms with Crippen molar-refractivity contribution >= 4 is 17.0 Å². The van der Waals surface area contributed by atoms with Gasteiger partial charge < -0.3 is 11.1 Å². The van der Waals surface area contributed by atoms with Crippen molar-refractivity contribution in [3.8, 4) is 0 Å². The zero-order chi connectivity index (χ0) is 12.3. The molecule has 0 amide bonds. The Kier molecular flexibility index (Phi) is 3.71. The molecule has 17 heavy (non-hydrogen) atoms. The van der Waals surface area contributed by atoms with Crippen LogP contribution >= 0.6 is 11.3 Å². The van der Waals surface area contributed by atoms with E-state index in [0.29, 0.717) is 24.3 Å². The molecule has 0 aliphatic heterocycles. The van der Waals surface area contributed by atoms with Gasteiger partial charge in [0.1, 0.15) is 5.82 Å². The van der Waals surface area contributed by atoms with Crippen molar-refractivity contribution in [2.24, 2.45) is 0 Å². The van der Waals surface area contributed by atoms with Gasteiger partial charge in [0.25, 0.3) is 0 Å². The first kappa shape index (κ1) is 12.0. The topological polar surface area (TPSA) is 50.9 Å². The number of aromatic nitrogens is 1. The molecule has 0 radical (unpaired) electrons. The Morgan fingerprint density at radius 1 is 1.41 bits per heavy atom. The van der Waals surface area contributed by atoms with Crippen LogP contribution in [0.2, 0.25) is 0 Å². The van der Waals surface area contributed by atoms with Crippen molar-refractivity contribution in [2.45, 2.75) is 20.0 Å². The Labute approximate surface area is 103 Å². The lowest BCUT2D eigenvalue weighted by Crippen LogP contribution is -2.14. The molecule has 3 N–H and O–H groups in total. The fraction of sp³-hybridized carbons (Fsp3) is 0.250. The first-order valence-electron chi connectivity index (χ1n) is 5.31. The predicted octanol–water partition coefficient (Wildman–Crippen LogP) is 2.46. The third-order valence-electron chi connectivity index (χ3n) is 2.37. The van der Waals surface area contributed by atoms with Crippen molar-refractivity contribution in [1.82, 2.24) is 10.3 Å². The van der Waals surface area contributed by atoms with Gasteiger partial charge in [-0.1, -0.05) is 6.07 Å². The Balaban J connectivity index is 1.90. The van der Waals surface area contributed by atoms with Crippen molar-refractivity contribution in [1.29, 1.82) is 0 Å². The number of anilines is 1. The molecule has 0 aliphatic rings. The van der Waals surface area contributed by atoms with Gasteiger partial charge in [-0.3, -0.25) is 0 Å². The van der Waals surface area contributed by atoms with Crippen LogP contribution in [0.15, 0.2) is 23.6 Å². The predicted molar refractivity (Wildman–Crippen MR) is 68.2 cm³/mol. The minimum atomic E-state index is -0.271. The average Bonchev–Trinajstić information content (AvgIpc) is 2.68. The van der Waals surface area contributed by atoms with Crippen molar-refractivity contribution < 1.29 is 4.39 Å². The molecule has 0 saturated carbocycles. The molecule has 0 saturated heterocycles. The van der Waals surface area contributed by atoms with E-state index in [-0.39, 0.29) is 5.82 Å². The number of nitrogens with zero attached hydrogens (tertiary/aromatic N) is 1. The van der Waals surface area contributed by atoms with Crippen LogP contribution < -0.4 is 11.1 Å². The standard InChI is InChI=1S/C12H14FN3S/c1-8-16-11(7-17-8)6-15-5-9-2-3-10(14)4-12(9)13/h2-4,7,15H,5-6,14H2,1H3. The summed E-state index contributed by atoms with van der Waals surface area (Å²) in [5.41, 5.74) is 7.53. The number of hydrogen-bond donors (Lipinski definition) is 2. The zero-order valence-corrected chi connectivity index (χ0v) is 10.4. The summed E-state index contributed by atoms with van der Waals surface area (Å²) >= 11 is 1.61. The van der Waals surface area contributed by atoms with Gasteiger partial charge in [-0.15, -0.1) is 11.3 Å². The number of nitrogens with two attached hydrogens (primary N) is 1. The maximum atomic E-state index is 13.4. The molecular weight excluding hydrogens is 237 g/mol. The molecule has 90 valence electrons. The first-order valence-corrected chi connectivity index (χ1v) is 6.19. The molecule has 2 rings (SSSR count). The van der Waals surface area contributed by atoms with Gasteiger partial charge >= 0.3 is 0 Å². The van der Waals surface area contributed by atoms with Gasteiger partial charge in [0.2, 0.25) is 0 Å². The van der Waals surface area contributed by atoms with Crippen LogP contribution in [0.3, 0.4) is 0 Å². The molecule has 0 aliphatic carbocycles. The molecule has 1 aromatic carbocycles. The SMILES string of the molecule is Cc1nc(CNCc2ccc(N)cc2F)cs1. The van der Waals surface area contributed by atoms with E-state index in [2.05, 4.69) is 10.3 Å². The normalized spacial score (nSPS) is 10.7. The summed E-state index contributed by atoms with van der Waals surface area (Å²) in [6.07, 6.45) is 0. The number of nitrogens with one attached hydrogen (secondary N) is 1. The molecule has 1 heterocycles. The highest BCUT2D eigenvalue weighted by Crippen LogP contribution is 2.12. The monoisotopic (exact) mass is 251 g/mol. The Morgan fingerprint density at radius 2 is 2.24 bits per heavy atom. The fourth-order valence-corrected chi connectivity index (χ4v) is 2.13. The summed E-state index contributed by atoms with van der Waals surface area (Å²) in [7, 11) is 0. The van der Waals surface area contributed by atoms with Crippen LogP contribution in [-0.4, -0.2) is 4.98 Å². The molecule has 2 aromatic rings. The third-order valence-corrected chi connectivity index (χ3v) is 3.19. The lowest BCUT2D eigenvalue weighted by Gasteiger charge is -2.05. The minimum Gasteiger partial charge on any atom is -0.399 e. The number of rotatable bonds is 4. The summed E-state index contributed by atoms with van der Waals surface area (Å²) in [5.74, 6) is -0.271. The first-order chi connectivity index (χ1) is 8.15. The summed E-state index contributed by atoms with van der Waals surface area (Å²) in [6.45, 7) is 3.09. The number of halogens is 1. The highest BCUT2D eigenvalue weighted by atomic mass is 32.1. The fourth-order valence-electron chi connectivity index (χ4n) is 1.52. The van der Waals surface area contributed by atoms with E-state index >= 15 is 0 Å². The number of aryl methyl sites for hydroxylation is 1. The summed E-state index contributed by atoms with van der Waals surface area (Å²) in [5, 5.41) is 6.20. The van der Waals surface area contributed by atoms with Crippen LogP contribution in [-0.2, 0) is 13.1 Å². The van der Waals surface area contributed by atoms with E-state index in [1.165, 1.54) is 6.07 Å². The maximum absolute atomic E-state index is 13.4. The average molecular weight is 251 g/mol. The van der Waals surface area contributed by atoms with E-state index in [1.54, 1.807) is 23.5 Å². The van der Waals surface area contributed by atoms with Crippen LogP contribution in [0.25, 0.3) is 0 Å². The van der Waals surface area contributed by atoms with Crippen molar-refractivity contribution in [3.63, 3.8) is 0 Å². The summed E-state index contributed by atoms with van der Waals surface area (Å²) < 4.78 is 13.4. The third kappa shape index (κ3) is 3.25. The molecule has 0 atom stereocenters. The lowest BCUT2D eigenvalue weighted by atomic mass is 10.2. The van der Waals surface area contributed by atoms with E-state index < -0.39 is 0 Å². The minimum absolute atomic E-state index is 0.271. The Morgan fingerprint density at radius 3 is 2.88 bits per heavy atom. The van der Waals surface area contributed by atoms with Crippen LogP contribution in [0.1, 0.15) is 16.3 Å². The van der Waals surface area contributed by atoms with Crippen molar-refractivity contribution in [2.75, 3.05) is 5.73 Å². The molecule has 0 unspecified atom stereocenters. The molecule has 3 nitrogen and oxygen atoms in total. The van der Waals surface area contributed by atoms with Gasteiger partial charge in [0.15, 0.2) is 0 Å². The number of benzene rings is 1. The van der Waals surface area contributed by atoms with Gasteiger partial charge in [-0.25, -0.2) is 9.37 Å². The molecule has 1 aromatic heterocycles. The summed E-state index contributed by atoms with van der Waals surface area (Å²) in [4.78, 5) is 4.32. The van der Waals surface area contributed by atoms with E-state index in [9.17, 15) is 4.39 Å². The Hall–Kier alpha value is -1.46. The molecule has 0 fully saturated rings. The van der Waals surface area contributed by atoms with Crippen molar-refractivity contribution in [3.05, 3.63) is 45.7 Å². The largest absolute Gasteiger partial charge is 0.399 e. The molecule has 0 spiro atoms. The second-order valence-corrected chi connectivity index (χ2v) is 4.87. The zero-order valence-electron chi connectivity index (χ0n) is 9.53. The van der Waals surface area contributed by atoms with Gasteiger partial charge in [-0.05, 0) is 19.1 Å². The van der Waals surface area contributed by atoms with Crippen LogP contribution in [0, 0.1) is 12.7 Å². The highest BCUT2D eigenvalue weighted by Gasteiger charge is 2.03. The highest BCUT2D eigenvalue weighted by molar-refractivity contribution is 7.09.